The Morgan fingerprint density at radius 1 is 1.58 bits per heavy atom. The summed E-state index contributed by atoms with van der Waals surface area (Å²) in [4.78, 5) is 1.23. The monoisotopic (exact) mass is 181 g/mol. The Labute approximate surface area is 76.0 Å². The van der Waals surface area contributed by atoms with Gasteiger partial charge >= 0.3 is 0 Å². The molecule has 1 aliphatic heterocycles. The molecule has 64 valence electrons. The number of nitrogens with one attached hydrogen (secondary N) is 1. The van der Waals surface area contributed by atoms with Gasteiger partial charge in [0.2, 0.25) is 0 Å². The second kappa shape index (κ2) is 2.90. The predicted octanol–water partition coefficient (Wildman–Crippen LogP) is 2.30. The summed E-state index contributed by atoms with van der Waals surface area (Å²) < 4.78 is 0. The number of fused-ring (bicyclic) bond motifs is 1. The average Bonchev–Trinajstić information content (AvgIpc) is 2.03. The Balaban J connectivity index is 2.37. The maximum Gasteiger partial charge on any atom is 0.117 e. The molecule has 0 aliphatic carbocycles. The number of aromatic hydroxyl groups is 1. The van der Waals surface area contributed by atoms with Gasteiger partial charge in [-0.05, 0) is 19.1 Å². The van der Waals surface area contributed by atoms with Gasteiger partial charge in [0, 0.05) is 22.8 Å². The number of benzene rings is 1. The normalized spacial score (nSPS) is 21.2. The quantitative estimate of drug-likeness (QED) is 0.644. The van der Waals surface area contributed by atoms with Crippen LogP contribution >= 0.6 is 11.8 Å². The zero-order valence-corrected chi connectivity index (χ0v) is 7.69. The van der Waals surface area contributed by atoms with E-state index in [1.807, 2.05) is 17.8 Å². The van der Waals surface area contributed by atoms with Crippen molar-refractivity contribution in [2.45, 2.75) is 17.9 Å². The summed E-state index contributed by atoms with van der Waals surface area (Å²) in [6, 6.07) is 5.94. The molecule has 0 amide bonds. The minimum atomic E-state index is 0.330. The average molecular weight is 181 g/mol. The van der Waals surface area contributed by atoms with Crippen LogP contribution in [0.2, 0.25) is 0 Å². The lowest BCUT2D eigenvalue weighted by atomic mass is 10.2. The largest absolute Gasteiger partial charge is 0.508 e. The zero-order chi connectivity index (χ0) is 8.55. The van der Waals surface area contributed by atoms with Crippen molar-refractivity contribution in [3.63, 3.8) is 0 Å². The fraction of sp³-hybridized carbons (Fsp3) is 0.333. The van der Waals surface area contributed by atoms with Gasteiger partial charge < -0.3 is 10.4 Å². The van der Waals surface area contributed by atoms with Crippen molar-refractivity contribution in [3.05, 3.63) is 18.2 Å². The molecule has 0 aromatic heterocycles. The molecule has 0 saturated heterocycles. The molecule has 0 saturated carbocycles. The molecule has 1 atom stereocenters. The van der Waals surface area contributed by atoms with E-state index in [9.17, 15) is 5.11 Å². The van der Waals surface area contributed by atoms with E-state index in [0.717, 1.165) is 11.4 Å². The van der Waals surface area contributed by atoms with Crippen molar-refractivity contribution < 1.29 is 5.11 Å². The maximum atomic E-state index is 9.23. The molecule has 0 fully saturated rings. The number of thioether (sulfide) groups is 1. The van der Waals surface area contributed by atoms with Crippen LogP contribution in [0.25, 0.3) is 0 Å². The van der Waals surface area contributed by atoms with Gasteiger partial charge in [0.05, 0.1) is 5.69 Å². The standard InChI is InChI=1S/C9H11NOS/c1-6-5-12-9-3-2-7(11)4-8(9)10-6/h2-4,6,10-11H,5H2,1H3. The van der Waals surface area contributed by atoms with E-state index in [1.165, 1.54) is 4.90 Å². The first-order chi connectivity index (χ1) is 5.75. The lowest BCUT2D eigenvalue weighted by Gasteiger charge is -2.23. The summed E-state index contributed by atoms with van der Waals surface area (Å²) in [6.07, 6.45) is 0. The summed E-state index contributed by atoms with van der Waals surface area (Å²) in [5.74, 6) is 1.42. The first kappa shape index (κ1) is 7.80. The van der Waals surface area contributed by atoms with E-state index in [1.54, 1.807) is 12.1 Å². The molecular formula is C9H11NOS. The van der Waals surface area contributed by atoms with Gasteiger partial charge in [-0.3, -0.25) is 0 Å². The molecule has 1 aromatic rings. The second-order valence-corrected chi connectivity index (χ2v) is 4.10. The smallest absolute Gasteiger partial charge is 0.117 e. The fourth-order valence-corrected chi connectivity index (χ4v) is 2.23. The van der Waals surface area contributed by atoms with Crippen molar-refractivity contribution in [3.8, 4) is 5.75 Å². The summed E-state index contributed by atoms with van der Waals surface area (Å²) in [6.45, 7) is 2.14. The number of phenols is 1. The van der Waals surface area contributed by atoms with Crippen molar-refractivity contribution in [2.75, 3.05) is 11.1 Å². The Bertz CT molecular complexity index is 301. The van der Waals surface area contributed by atoms with E-state index in [-0.39, 0.29) is 0 Å². The number of hydrogen-bond donors (Lipinski definition) is 2. The third kappa shape index (κ3) is 1.37. The van der Waals surface area contributed by atoms with Crippen LogP contribution in [0.3, 0.4) is 0 Å². The minimum Gasteiger partial charge on any atom is -0.508 e. The highest BCUT2D eigenvalue weighted by Crippen LogP contribution is 2.34. The van der Waals surface area contributed by atoms with Gasteiger partial charge in [-0.1, -0.05) is 0 Å². The van der Waals surface area contributed by atoms with Gasteiger partial charge in [-0.2, -0.15) is 0 Å². The Morgan fingerprint density at radius 2 is 2.42 bits per heavy atom. The lowest BCUT2D eigenvalue weighted by Crippen LogP contribution is -2.21. The van der Waals surface area contributed by atoms with Crippen LogP contribution in [0.4, 0.5) is 5.69 Å². The highest BCUT2D eigenvalue weighted by molar-refractivity contribution is 7.99. The number of phenolic OH excluding ortho intramolecular Hbond substituents is 1. The molecule has 1 unspecified atom stereocenters. The molecule has 0 bridgehead atoms. The van der Waals surface area contributed by atoms with Crippen molar-refractivity contribution >= 4 is 17.4 Å². The van der Waals surface area contributed by atoms with Crippen LogP contribution in [0, 0.1) is 0 Å². The molecule has 1 aliphatic rings. The summed E-state index contributed by atoms with van der Waals surface area (Å²) >= 11 is 1.83. The van der Waals surface area contributed by atoms with E-state index in [0.29, 0.717) is 11.8 Å². The van der Waals surface area contributed by atoms with E-state index in [4.69, 9.17) is 0 Å². The van der Waals surface area contributed by atoms with E-state index < -0.39 is 0 Å². The molecule has 1 heterocycles. The van der Waals surface area contributed by atoms with Crippen LogP contribution in [0.5, 0.6) is 5.75 Å². The molecule has 2 nitrogen and oxygen atoms in total. The Kier molecular flexibility index (Phi) is 1.89. The third-order valence-corrected chi connectivity index (χ3v) is 3.19. The van der Waals surface area contributed by atoms with Gasteiger partial charge in [0.25, 0.3) is 0 Å². The van der Waals surface area contributed by atoms with Gasteiger partial charge in [0.15, 0.2) is 0 Å². The highest BCUT2D eigenvalue weighted by Gasteiger charge is 2.14. The van der Waals surface area contributed by atoms with Crippen molar-refractivity contribution in [2.24, 2.45) is 0 Å². The van der Waals surface area contributed by atoms with Gasteiger partial charge in [0.1, 0.15) is 5.75 Å². The molecule has 0 spiro atoms. The van der Waals surface area contributed by atoms with Crippen LogP contribution in [0.1, 0.15) is 6.92 Å². The minimum absolute atomic E-state index is 0.330. The summed E-state index contributed by atoms with van der Waals surface area (Å²) in [5, 5.41) is 12.5. The Hall–Kier alpha value is -0.830. The molecule has 0 radical (unpaired) electrons. The number of hydrogen-bond acceptors (Lipinski definition) is 3. The fourth-order valence-electron chi connectivity index (χ4n) is 1.28. The maximum absolute atomic E-state index is 9.23. The molecule has 2 N–H and O–H groups in total. The molecule has 2 rings (SSSR count). The predicted molar refractivity (Wildman–Crippen MR) is 51.9 cm³/mol. The van der Waals surface area contributed by atoms with Crippen molar-refractivity contribution in [1.29, 1.82) is 0 Å². The van der Waals surface area contributed by atoms with E-state index >= 15 is 0 Å². The van der Waals surface area contributed by atoms with Crippen LogP contribution < -0.4 is 5.32 Å². The summed E-state index contributed by atoms with van der Waals surface area (Å²) in [7, 11) is 0. The molecular weight excluding hydrogens is 170 g/mol. The molecule has 12 heavy (non-hydrogen) atoms. The lowest BCUT2D eigenvalue weighted by molar-refractivity contribution is 0.475. The SMILES string of the molecule is CC1CSc2ccc(O)cc2N1. The molecule has 1 aromatic carbocycles. The second-order valence-electron chi connectivity index (χ2n) is 3.04. The third-order valence-electron chi connectivity index (χ3n) is 1.85. The Morgan fingerprint density at radius 3 is 3.25 bits per heavy atom. The topological polar surface area (TPSA) is 32.3 Å². The summed E-state index contributed by atoms with van der Waals surface area (Å²) in [5.41, 5.74) is 1.05. The number of rotatable bonds is 0. The van der Waals surface area contributed by atoms with Crippen LogP contribution in [-0.2, 0) is 0 Å². The van der Waals surface area contributed by atoms with Crippen LogP contribution in [-0.4, -0.2) is 16.9 Å². The zero-order valence-electron chi connectivity index (χ0n) is 6.87. The first-order valence-corrected chi connectivity index (χ1v) is 4.96. The van der Waals surface area contributed by atoms with Gasteiger partial charge in [-0.15, -0.1) is 11.8 Å². The highest BCUT2D eigenvalue weighted by atomic mass is 32.2. The molecule has 3 heteroatoms. The number of anilines is 1. The van der Waals surface area contributed by atoms with E-state index in [2.05, 4.69) is 12.2 Å². The first-order valence-electron chi connectivity index (χ1n) is 3.98. The van der Waals surface area contributed by atoms with Gasteiger partial charge in [-0.25, -0.2) is 0 Å². The van der Waals surface area contributed by atoms with Crippen molar-refractivity contribution in [1.82, 2.24) is 0 Å². The van der Waals surface area contributed by atoms with Crippen LogP contribution in [0.15, 0.2) is 23.1 Å².